The Morgan fingerprint density at radius 2 is 2.24 bits per heavy atom. The van der Waals surface area contributed by atoms with E-state index in [9.17, 15) is 0 Å². The third-order valence-corrected chi connectivity index (χ3v) is 3.36. The van der Waals surface area contributed by atoms with Gasteiger partial charge in [-0.2, -0.15) is 0 Å². The zero-order valence-corrected chi connectivity index (χ0v) is 11.0. The highest BCUT2D eigenvalue weighted by molar-refractivity contribution is 5.57. The van der Waals surface area contributed by atoms with E-state index in [1.54, 1.807) is 7.11 Å². The molecule has 0 spiro atoms. The van der Waals surface area contributed by atoms with Gasteiger partial charge in [-0.3, -0.25) is 0 Å². The van der Waals surface area contributed by atoms with E-state index in [0.29, 0.717) is 6.04 Å². The van der Waals surface area contributed by atoms with E-state index in [1.807, 2.05) is 6.07 Å². The van der Waals surface area contributed by atoms with Crippen molar-refractivity contribution < 1.29 is 4.74 Å². The summed E-state index contributed by atoms with van der Waals surface area (Å²) in [6.07, 6.45) is 3.60. The first-order valence-corrected chi connectivity index (χ1v) is 6.27. The van der Waals surface area contributed by atoms with E-state index in [2.05, 4.69) is 36.4 Å². The molecule has 1 aliphatic heterocycles. The third-order valence-electron chi connectivity index (χ3n) is 3.36. The Labute approximate surface area is 104 Å². The van der Waals surface area contributed by atoms with Crippen LogP contribution in [0, 0.1) is 0 Å². The van der Waals surface area contributed by atoms with Crippen LogP contribution in [0.3, 0.4) is 0 Å². The second kappa shape index (κ2) is 5.41. The minimum atomic E-state index is 0.594. The van der Waals surface area contributed by atoms with Crippen LogP contribution in [-0.4, -0.2) is 38.7 Å². The molecule has 1 aliphatic rings. The molecule has 0 saturated heterocycles. The van der Waals surface area contributed by atoms with Crippen molar-refractivity contribution in [1.82, 2.24) is 4.90 Å². The van der Waals surface area contributed by atoms with Crippen LogP contribution in [0.1, 0.15) is 18.4 Å². The van der Waals surface area contributed by atoms with E-state index in [4.69, 9.17) is 4.74 Å². The molecule has 0 fully saturated rings. The van der Waals surface area contributed by atoms with Gasteiger partial charge in [0.25, 0.3) is 0 Å². The molecule has 1 aromatic rings. The summed E-state index contributed by atoms with van der Waals surface area (Å²) in [5, 5.41) is 3.62. The molecular formula is C14H22N2O. The van der Waals surface area contributed by atoms with Crippen molar-refractivity contribution in [3.63, 3.8) is 0 Å². The van der Waals surface area contributed by atoms with Gasteiger partial charge < -0.3 is 15.0 Å². The van der Waals surface area contributed by atoms with Crippen LogP contribution < -0.4 is 10.1 Å². The standard InChI is InChI=1S/C14H22N2O/c1-16(2)9-8-12-6-4-11-5-7-13(17-3)10-14(11)15-12/h5,7,10,12,15H,4,6,8-9H2,1-3H3. The van der Waals surface area contributed by atoms with Gasteiger partial charge >= 0.3 is 0 Å². The maximum atomic E-state index is 5.27. The fourth-order valence-corrected chi connectivity index (χ4v) is 2.29. The lowest BCUT2D eigenvalue weighted by atomic mass is 9.96. The summed E-state index contributed by atoms with van der Waals surface area (Å²) in [5.41, 5.74) is 2.66. The summed E-state index contributed by atoms with van der Waals surface area (Å²) in [7, 11) is 5.97. The average Bonchev–Trinajstić information content (AvgIpc) is 2.35. The Kier molecular flexibility index (Phi) is 3.89. The summed E-state index contributed by atoms with van der Waals surface area (Å²) in [5.74, 6) is 0.935. The van der Waals surface area contributed by atoms with E-state index in [1.165, 1.54) is 30.5 Å². The fraction of sp³-hybridized carbons (Fsp3) is 0.571. The number of anilines is 1. The first-order valence-electron chi connectivity index (χ1n) is 6.27. The van der Waals surface area contributed by atoms with Crippen LogP contribution in [0.2, 0.25) is 0 Å². The Bertz CT molecular complexity index is 376. The summed E-state index contributed by atoms with van der Waals surface area (Å²) in [6.45, 7) is 1.14. The van der Waals surface area contributed by atoms with Crippen LogP contribution in [0.25, 0.3) is 0 Å². The van der Waals surface area contributed by atoms with Crippen molar-refractivity contribution in [2.45, 2.75) is 25.3 Å². The van der Waals surface area contributed by atoms with Crippen molar-refractivity contribution in [2.24, 2.45) is 0 Å². The molecule has 0 aromatic heterocycles. The molecule has 0 bridgehead atoms. The molecule has 2 rings (SSSR count). The smallest absolute Gasteiger partial charge is 0.120 e. The minimum absolute atomic E-state index is 0.594. The quantitative estimate of drug-likeness (QED) is 0.865. The van der Waals surface area contributed by atoms with E-state index >= 15 is 0 Å². The molecule has 1 N–H and O–H groups in total. The largest absolute Gasteiger partial charge is 0.497 e. The van der Waals surface area contributed by atoms with Crippen molar-refractivity contribution in [1.29, 1.82) is 0 Å². The number of benzene rings is 1. The Morgan fingerprint density at radius 3 is 2.94 bits per heavy atom. The maximum Gasteiger partial charge on any atom is 0.120 e. The number of methoxy groups -OCH3 is 1. The lowest BCUT2D eigenvalue weighted by Crippen LogP contribution is -2.29. The molecule has 0 saturated carbocycles. The molecule has 1 unspecified atom stereocenters. The molecule has 3 heteroatoms. The highest BCUT2D eigenvalue weighted by Gasteiger charge is 2.17. The second-order valence-corrected chi connectivity index (χ2v) is 4.99. The van der Waals surface area contributed by atoms with Crippen LogP contribution in [0.5, 0.6) is 5.75 Å². The van der Waals surface area contributed by atoms with Crippen molar-refractivity contribution in [3.8, 4) is 5.75 Å². The fourth-order valence-electron chi connectivity index (χ4n) is 2.29. The number of nitrogens with one attached hydrogen (secondary N) is 1. The molecule has 1 heterocycles. The first-order chi connectivity index (χ1) is 8.19. The zero-order valence-electron chi connectivity index (χ0n) is 11.0. The normalized spacial score (nSPS) is 18.7. The average molecular weight is 234 g/mol. The Balaban J connectivity index is 2.01. The lowest BCUT2D eigenvalue weighted by Gasteiger charge is -2.28. The van der Waals surface area contributed by atoms with E-state index in [0.717, 1.165) is 12.3 Å². The molecule has 17 heavy (non-hydrogen) atoms. The SMILES string of the molecule is COc1ccc2c(c1)NC(CCN(C)C)CC2. The third kappa shape index (κ3) is 3.13. The Hall–Kier alpha value is -1.22. The molecule has 1 atom stereocenters. The van der Waals surface area contributed by atoms with Crippen molar-refractivity contribution in [2.75, 3.05) is 33.1 Å². The second-order valence-electron chi connectivity index (χ2n) is 4.99. The van der Waals surface area contributed by atoms with Gasteiger partial charge in [-0.1, -0.05) is 6.07 Å². The number of nitrogens with zero attached hydrogens (tertiary/aromatic N) is 1. The molecule has 3 nitrogen and oxygen atoms in total. The van der Waals surface area contributed by atoms with Crippen LogP contribution in [0.15, 0.2) is 18.2 Å². The van der Waals surface area contributed by atoms with Gasteiger partial charge in [0.05, 0.1) is 7.11 Å². The van der Waals surface area contributed by atoms with Gasteiger partial charge in [0.15, 0.2) is 0 Å². The summed E-state index contributed by atoms with van der Waals surface area (Å²) in [6, 6.07) is 6.92. The first kappa shape index (κ1) is 12.2. The monoisotopic (exact) mass is 234 g/mol. The summed E-state index contributed by atoms with van der Waals surface area (Å²) >= 11 is 0. The predicted octanol–water partition coefficient (Wildman–Crippen LogP) is 2.37. The number of ether oxygens (including phenoxy) is 1. The number of hydrogen-bond donors (Lipinski definition) is 1. The van der Waals surface area contributed by atoms with Gasteiger partial charge in [-0.15, -0.1) is 0 Å². The van der Waals surface area contributed by atoms with Crippen LogP contribution in [0.4, 0.5) is 5.69 Å². The van der Waals surface area contributed by atoms with Crippen LogP contribution >= 0.6 is 0 Å². The van der Waals surface area contributed by atoms with Crippen molar-refractivity contribution >= 4 is 5.69 Å². The van der Waals surface area contributed by atoms with Gasteiger partial charge in [0.1, 0.15) is 5.75 Å². The number of aryl methyl sites for hydroxylation is 1. The molecule has 1 aromatic carbocycles. The highest BCUT2D eigenvalue weighted by Crippen LogP contribution is 2.29. The molecule has 94 valence electrons. The molecule has 0 radical (unpaired) electrons. The highest BCUT2D eigenvalue weighted by atomic mass is 16.5. The summed E-state index contributed by atoms with van der Waals surface area (Å²) < 4.78 is 5.27. The zero-order chi connectivity index (χ0) is 12.3. The maximum absolute atomic E-state index is 5.27. The molecular weight excluding hydrogens is 212 g/mol. The summed E-state index contributed by atoms with van der Waals surface area (Å²) in [4.78, 5) is 2.24. The molecule has 0 aliphatic carbocycles. The van der Waals surface area contributed by atoms with Crippen molar-refractivity contribution in [3.05, 3.63) is 23.8 Å². The molecule has 0 amide bonds. The van der Waals surface area contributed by atoms with E-state index < -0.39 is 0 Å². The number of rotatable bonds is 4. The topological polar surface area (TPSA) is 24.5 Å². The van der Waals surface area contributed by atoms with Gasteiger partial charge in [-0.25, -0.2) is 0 Å². The number of hydrogen-bond acceptors (Lipinski definition) is 3. The van der Waals surface area contributed by atoms with Gasteiger partial charge in [0.2, 0.25) is 0 Å². The Morgan fingerprint density at radius 1 is 1.41 bits per heavy atom. The minimum Gasteiger partial charge on any atom is -0.497 e. The van der Waals surface area contributed by atoms with Crippen LogP contribution in [-0.2, 0) is 6.42 Å². The van der Waals surface area contributed by atoms with Gasteiger partial charge in [-0.05, 0) is 51.5 Å². The predicted molar refractivity (Wildman–Crippen MR) is 71.9 cm³/mol. The van der Waals surface area contributed by atoms with Gasteiger partial charge in [0, 0.05) is 17.8 Å². The number of fused-ring (bicyclic) bond motifs is 1. The lowest BCUT2D eigenvalue weighted by molar-refractivity contribution is 0.379. The van der Waals surface area contributed by atoms with E-state index in [-0.39, 0.29) is 0 Å².